The summed E-state index contributed by atoms with van der Waals surface area (Å²) in [6, 6.07) is 9.26. The summed E-state index contributed by atoms with van der Waals surface area (Å²) in [6.07, 6.45) is -12.1. The van der Waals surface area contributed by atoms with Gasteiger partial charge in [0, 0.05) is 52.0 Å². The Morgan fingerprint density at radius 3 is 2.14 bits per heavy atom. The maximum absolute atomic E-state index is 14.3. The van der Waals surface area contributed by atoms with Crippen LogP contribution in [0.5, 0.6) is 0 Å². The van der Waals surface area contributed by atoms with Crippen LogP contribution in [0.1, 0.15) is 100 Å². The number of ether oxygens (including phenoxy) is 6. The summed E-state index contributed by atoms with van der Waals surface area (Å²) >= 11 is 0. The number of hydrogen-bond donors (Lipinski definition) is 8. The zero-order chi connectivity index (χ0) is 47.9. The van der Waals surface area contributed by atoms with Gasteiger partial charge in [0.25, 0.3) is 0 Å². The van der Waals surface area contributed by atoms with E-state index in [1.165, 1.54) is 25.9 Å². The van der Waals surface area contributed by atoms with Gasteiger partial charge in [0.1, 0.15) is 23.9 Å². The molecule has 0 saturated carbocycles. The first-order chi connectivity index (χ1) is 29.9. The smallest absolute Gasteiger partial charge is 0.311 e. The van der Waals surface area contributed by atoms with Crippen molar-refractivity contribution in [1.82, 2.24) is 15.5 Å². The first-order valence-corrected chi connectivity index (χ1v) is 23.2. The number of esters is 1. The molecule has 0 aromatic heterocycles. The summed E-state index contributed by atoms with van der Waals surface area (Å²) in [7, 11) is 3.09. The molecule has 1 aromatic rings. The van der Waals surface area contributed by atoms with Crippen LogP contribution in [0, 0.1) is 23.7 Å². The van der Waals surface area contributed by atoms with Gasteiger partial charge >= 0.3 is 5.97 Å². The van der Waals surface area contributed by atoms with Gasteiger partial charge in [0.05, 0.1) is 66.3 Å². The monoisotopic (exact) mass is 912 g/mol. The fourth-order valence-corrected chi connectivity index (χ4v) is 9.97. The topological polar surface area (TPSA) is 238 Å². The fraction of sp³-hybridized carbons (Fsp3) is 0.830. The van der Waals surface area contributed by atoms with Crippen molar-refractivity contribution >= 4 is 11.9 Å². The highest BCUT2D eigenvalue weighted by atomic mass is 16.7. The Labute approximate surface area is 380 Å². The lowest BCUT2D eigenvalue weighted by molar-refractivity contribution is -0.318. The first kappa shape index (κ1) is 54.2. The second kappa shape index (κ2) is 23.1. The van der Waals surface area contributed by atoms with E-state index in [-0.39, 0.29) is 31.7 Å². The van der Waals surface area contributed by atoms with Crippen LogP contribution >= 0.6 is 0 Å². The summed E-state index contributed by atoms with van der Waals surface area (Å²) in [5.41, 5.74) is -3.76. The molecule has 4 rings (SSSR count). The Morgan fingerprint density at radius 1 is 0.875 bits per heavy atom. The maximum Gasteiger partial charge on any atom is 0.311 e. The molecule has 0 aliphatic carbocycles. The number of rotatable bonds is 14. The molecule has 17 nitrogen and oxygen atoms in total. The lowest BCUT2D eigenvalue weighted by atomic mass is 9.73. The summed E-state index contributed by atoms with van der Waals surface area (Å²) < 4.78 is 37.6. The molecule has 1 unspecified atom stereocenters. The van der Waals surface area contributed by atoms with Crippen molar-refractivity contribution in [3.05, 3.63) is 35.9 Å². The molecule has 64 heavy (non-hydrogen) atoms. The number of carbonyl (C=O) groups excluding carboxylic acids is 2. The molecule has 0 radical (unpaired) electrons. The van der Waals surface area contributed by atoms with Crippen molar-refractivity contribution in [1.29, 1.82) is 0 Å². The van der Waals surface area contributed by atoms with Crippen molar-refractivity contribution < 1.29 is 68.6 Å². The molecule has 3 aliphatic heterocycles. The summed E-state index contributed by atoms with van der Waals surface area (Å²) in [5, 5.41) is 77.1. The lowest BCUT2D eigenvalue weighted by Crippen LogP contribution is -2.62. The van der Waals surface area contributed by atoms with E-state index in [2.05, 4.69) is 10.6 Å². The standard InChI is InChI=1S/C47H81N3O14/c1-13-34-47(10,58)40(54)28(4)37(52)26(2)22-45(8,57)42(29(5)39(30(6)43(56)62-34)63-36-23-46(9,59-12)41(55)31(7)61-36)64-44-38(53)33(21-27(3)60-44)50(11)35(51)25-49-20-19-48-24-32-17-15-14-16-18-32/h14-18,26-31,33-34,36-42,44,48-49,52-55,57-58H,13,19-25H2,1-12H3/t26-,27-,28-,29+,30-,31+,33?,34+,36+,37+,38-,39+,40-,41+,42-,44+,45-,46-,47-/m1/s1. The number of amides is 1. The second-order valence-corrected chi connectivity index (χ2v) is 19.6. The Kier molecular flexibility index (Phi) is 19.6. The van der Waals surface area contributed by atoms with Gasteiger partial charge in [-0.3, -0.25) is 9.59 Å². The third-order valence-electron chi connectivity index (χ3n) is 14.2. The predicted molar refractivity (Wildman–Crippen MR) is 237 cm³/mol. The van der Waals surface area contributed by atoms with Crippen LogP contribution in [-0.4, -0.2) is 172 Å². The zero-order valence-corrected chi connectivity index (χ0v) is 40.2. The van der Waals surface area contributed by atoms with Gasteiger partial charge in [-0.25, -0.2) is 0 Å². The van der Waals surface area contributed by atoms with Gasteiger partial charge in [-0.2, -0.15) is 0 Å². The number of nitrogens with one attached hydrogen (secondary N) is 2. The van der Waals surface area contributed by atoms with Crippen LogP contribution in [0.3, 0.4) is 0 Å². The molecule has 19 atom stereocenters. The van der Waals surface area contributed by atoms with Crippen LogP contribution in [0.2, 0.25) is 0 Å². The summed E-state index contributed by atoms with van der Waals surface area (Å²) in [5.74, 6) is -4.70. The second-order valence-electron chi connectivity index (χ2n) is 19.6. The third-order valence-corrected chi connectivity index (χ3v) is 14.2. The molecule has 3 saturated heterocycles. The maximum atomic E-state index is 14.3. The molecule has 3 heterocycles. The Morgan fingerprint density at radius 2 is 1.52 bits per heavy atom. The van der Waals surface area contributed by atoms with E-state index in [1.807, 2.05) is 30.3 Å². The van der Waals surface area contributed by atoms with E-state index >= 15 is 0 Å². The lowest BCUT2D eigenvalue weighted by Gasteiger charge is -2.49. The number of cyclic esters (lactones) is 1. The van der Waals surface area contributed by atoms with E-state index in [0.717, 1.165) is 5.56 Å². The number of aliphatic hydroxyl groups is 6. The highest BCUT2D eigenvalue weighted by Gasteiger charge is 2.53. The number of likely N-dealkylation sites (N-methyl/N-ethyl adjacent to an activating group) is 1. The SMILES string of the molecule is CC[C@@H]1OC(=O)[C@H](C)[C@@H](O[C@H]2C[C@@](C)(OC)[C@@H](O)[C@H](C)O2)[C@H](C)[C@@H](O[C@@H]2O[C@H](C)CC(N(C)C(=O)CNCCNCc3ccccc3)[C@H]2O)[C@](C)(O)C[C@@H](C)[C@H](O)[C@@H](C)[C@@H](O)[C@]1(C)O. The predicted octanol–water partition coefficient (Wildman–Crippen LogP) is 1.85. The molecule has 17 heteroatoms. The molecule has 0 spiro atoms. The molecular weight excluding hydrogens is 831 g/mol. The van der Waals surface area contributed by atoms with E-state index in [1.54, 1.807) is 62.4 Å². The van der Waals surface area contributed by atoms with Gasteiger partial charge < -0.3 is 74.6 Å². The summed E-state index contributed by atoms with van der Waals surface area (Å²) in [4.78, 5) is 29.3. The van der Waals surface area contributed by atoms with E-state index in [4.69, 9.17) is 28.4 Å². The molecule has 3 fully saturated rings. The summed E-state index contributed by atoms with van der Waals surface area (Å²) in [6.45, 7) is 18.3. The Bertz CT molecular complexity index is 1610. The van der Waals surface area contributed by atoms with Crippen LogP contribution < -0.4 is 10.6 Å². The zero-order valence-electron chi connectivity index (χ0n) is 40.2. The van der Waals surface area contributed by atoms with Crippen molar-refractivity contribution in [3.8, 4) is 0 Å². The van der Waals surface area contributed by atoms with Crippen molar-refractivity contribution in [2.24, 2.45) is 23.7 Å². The number of hydrogen-bond acceptors (Lipinski definition) is 16. The van der Waals surface area contributed by atoms with Gasteiger partial charge in [-0.15, -0.1) is 0 Å². The van der Waals surface area contributed by atoms with E-state index in [0.29, 0.717) is 26.1 Å². The van der Waals surface area contributed by atoms with Gasteiger partial charge in [-0.05, 0) is 72.3 Å². The van der Waals surface area contributed by atoms with Crippen LogP contribution in [0.4, 0.5) is 0 Å². The minimum Gasteiger partial charge on any atom is -0.459 e. The molecule has 8 N–H and O–H groups in total. The molecule has 0 bridgehead atoms. The molecule has 1 amide bonds. The third kappa shape index (κ3) is 13.0. The normalized spacial score (nSPS) is 42.9. The average Bonchev–Trinajstić information content (AvgIpc) is 3.25. The number of benzene rings is 1. The van der Waals surface area contributed by atoms with Gasteiger partial charge in [0.2, 0.25) is 5.91 Å². The number of methoxy groups -OCH3 is 1. The molecule has 3 aliphatic rings. The van der Waals surface area contributed by atoms with E-state index in [9.17, 15) is 40.2 Å². The highest BCUT2D eigenvalue weighted by Crippen LogP contribution is 2.41. The van der Waals surface area contributed by atoms with Gasteiger partial charge in [-0.1, -0.05) is 58.0 Å². The average molecular weight is 912 g/mol. The van der Waals surface area contributed by atoms with Gasteiger partial charge in [0.15, 0.2) is 12.6 Å². The van der Waals surface area contributed by atoms with E-state index < -0.39 is 120 Å². The quantitative estimate of drug-likeness (QED) is 0.0983. The fourth-order valence-electron chi connectivity index (χ4n) is 9.97. The van der Waals surface area contributed by atoms with Crippen molar-refractivity contribution in [3.63, 3.8) is 0 Å². The Hall–Kier alpha value is -2.36. The Balaban J connectivity index is 1.66. The minimum absolute atomic E-state index is 0.0253. The number of aliphatic hydroxyl groups excluding tert-OH is 4. The first-order valence-electron chi connectivity index (χ1n) is 23.2. The highest BCUT2D eigenvalue weighted by molar-refractivity contribution is 5.78. The molecule has 1 aromatic carbocycles. The minimum atomic E-state index is -1.98. The van der Waals surface area contributed by atoms with Crippen LogP contribution in [0.15, 0.2) is 30.3 Å². The number of carbonyl (C=O) groups is 2. The molecule has 368 valence electrons. The number of nitrogens with zero attached hydrogens (tertiary/aromatic N) is 1. The van der Waals surface area contributed by atoms with Crippen LogP contribution in [-0.2, 0) is 44.6 Å². The molecular formula is C47H81N3O14. The van der Waals surface area contributed by atoms with Crippen LogP contribution in [0.25, 0.3) is 0 Å². The largest absolute Gasteiger partial charge is 0.459 e. The van der Waals surface area contributed by atoms with Crippen molar-refractivity contribution in [2.75, 3.05) is 33.8 Å². The van der Waals surface area contributed by atoms with Crippen molar-refractivity contribution in [2.45, 2.75) is 192 Å².